The Balaban J connectivity index is 1.99. The Morgan fingerprint density at radius 2 is 1.89 bits per heavy atom. The molecular weight excluding hydrogens is 236 g/mol. The molecule has 0 bridgehead atoms. The second-order valence-corrected chi connectivity index (χ2v) is 4.64. The molecule has 19 heavy (non-hydrogen) atoms. The van der Waals surface area contributed by atoms with E-state index in [1.807, 2.05) is 30.3 Å². The molecule has 2 aromatic rings. The maximum absolute atomic E-state index is 11.1. The van der Waals surface area contributed by atoms with E-state index in [4.69, 9.17) is 5.73 Å². The largest absolute Gasteiger partial charge is 0.384 e. The van der Waals surface area contributed by atoms with Crippen molar-refractivity contribution < 1.29 is 4.79 Å². The Morgan fingerprint density at radius 1 is 1.16 bits per heavy atom. The lowest BCUT2D eigenvalue weighted by Gasteiger charge is -2.14. The minimum absolute atomic E-state index is 0.401. The van der Waals surface area contributed by atoms with Crippen LogP contribution in [-0.2, 0) is 0 Å². The maximum Gasteiger partial charge on any atom is 0.248 e. The van der Waals surface area contributed by atoms with Gasteiger partial charge in [0.15, 0.2) is 0 Å². The van der Waals surface area contributed by atoms with E-state index in [2.05, 4.69) is 24.4 Å². The van der Waals surface area contributed by atoms with Crippen molar-refractivity contribution in [2.75, 3.05) is 11.9 Å². The third-order valence-corrected chi connectivity index (χ3v) is 3.13. The van der Waals surface area contributed by atoms with Gasteiger partial charge in [-0.1, -0.05) is 43.3 Å². The SMILES string of the molecule is C[C@H](CNc1cccc(C(N)=O)c1)c1ccccc1. The predicted molar refractivity (Wildman–Crippen MR) is 78.3 cm³/mol. The third kappa shape index (κ3) is 3.58. The Bertz CT molecular complexity index is 552. The van der Waals surface area contributed by atoms with Gasteiger partial charge in [0.2, 0.25) is 5.91 Å². The lowest BCUT2D eigenvalue weighted by Crippen LogP contribution is -2.13. The van der Waals surface area contributed by atoms with Gasteiger partial charge in [-0.2, -0.15) is 0 Å². The zero-order valence-electron chi connectivity index (χ0n) is 11.0. The first-order valence-corrected chi connectivity index (χ1v) is 6.35. The van der Waals surface area contributed by atoms with Crippen molar-refractivity contribution >= 4 is 11.6 Å². The molecule has 0 radical (unpaired) electrons. The van der Waals surface area contributed by atoms with Crippen molar-refractivity contribution in [2.24, 2.45) is 5.73 Å². The standard InChI is InChI=1S/C16H18N2O/c1-12(13-6-3-2-4-7-13)11-18-15-9-5-8-14(10-15)16(17)19/h2-10,12,18H,11H2,1H3,(H2,17,19)/t12-/m1/s1. The summed E-state index contributed by atoms with van der Waals surface area (Å²) in [4.78, 5) is 11.1. The van der Waals surface area contributed by atoms with Gasteiger partial charge in [0, 0.05) is 17.8 Å². The van der Waals surface area contributed by atoms with E-state index in [1.165, 1.54) is 5.56 Å². The summed E-state index contributed by atoms with van der Waals surface area (Å²) < 4.78 is 0. The van der Waals surface area contributed by atoms with Crippen LogP contribution in [0.25, 0.3) is 0 Å². The lowest BCUT2D eigenvalue weighted by molar-refractivity contribution is 0.100. The first kappa shape index (κ1) is 13.1. The molecule has 2 rings (SSSR count). The van der Waals surface area contributed by atoms with Crippen LogP contribution in [0.1, 0.15) is 28.8 Å². The van der Waals surface area contributed by atoms with Crippen LogP contribution in [0.5, 0.6) is 0 Å². The summed E-state index contributed by atoms with van der Waals surface area (Å²) in [5.41, 5.74) is 8.00. The van der Waals surface area contributed by atoms with Gasteiger partial charge in [0.1, 0.15) is 0 Å². The molecule has 0 aromatic heterocycles. The first-order valence-electron chi connectivity index (χ1n) is 6.35. The summed E-state index contributed by atoms with van der Waals surface area (Å²) >= 11 is 0. The van der Waals surface area contributed by atoms with Gasteiger partial charge >= 0.3 is 0 Å². The van der Waals surface area contributed by atoms with Crippen LogP contribution in [0.3, 0.4) is 0 Å². The second kappa shape index (κ2) is 6.05. The van der Waals surface area contributed by atoms with Crippen molar-refractivity contribution in [2.45, 2.75) is 12.8 Å². The number of carbonyl (C=O) groups is 1. The molecule has 0 aliphatic rings. The molecule has 0 heterocycles. The highest BCUT2D eigenvalue weighted by atomic mass is 16.1. The molecule has 0 aliphatic carbocycles. The summed E-state index contributed by atoms with van der Waals surface area (Å²) in [5, 5.41) is 3.33. The third-order valence-electron chi connectivity index (χ3n) is 3.13. The van der Waals surface area contributed by atoms with Crippen molar-refractivity contribution in [3.05, 3.63) is 65.7 Å². The number of primary amides is 1. The van der Waals surface area contributed by atoms with E-state index >= 15 is 0 Å². The fourth-order valence-corrected chi connectivity index (χ4v) is 1.95. The summed E-state index contributed by atoms with van der Waals surface area (Å²) in [6.07, 6.45) is 0. The summed E-state index contributed by atoms with van der Waals surface area (Å²) in [6.45, 7) is 2.98. The molecule has 98 valence electrons. The minimum atomic E-state index is -0.403. The zero-order chi connectivity index (χ0) is 13.7. The molecule has 0 unspecified atom stereocenters. The van der Waals surface area contributed by atoms with Crippen LogP contribution in [0, 0.1) is 0 Å². The molecular formula is C16H18N2O. The highest BCUT2D eigenvalue weighted by molar-refractivity contribution is 5.93. The minimum Gasteiger partial charge on any atom is -0.384 e. The lowest BCUT2D eigenvalue weighted by atomic mass is 10.0. The van der Waals surface area contributed by atoms with Crippen LogP contribution in [0.15, 0.2) is 54.6 Å². The van der Waals surface area contributed by atoms with E-state index in [9.17, 15) is 4.79 Å². The number of rotatable bonds is 5. The summed E-state index contributed by atoms with van der Waals surface area (Å²) in [5.74, 6) is -0.00167. The molecule has 3 heteroatoms. The van der Waals surface area contributed by atoms with Crippen LogP contribution in [0.2, 0.25) is 0 Å². The van der Waals surface area contributed by atoms with Crippen molar-refractivity contribution in [3.8, 4) is 0 Å². The van der Waals surface area contributed by atoms with Crippen LogP contribution < -0.4 is 11.1 Å². The normalized spacial score (nSPS) is 11.8. The molecule has 1 atom stereocenters. The Kier molecular flexibility index (Phi) is 4.18. The van der Waals surface area contributed by atoms with Crippen molar-refractivity contribution in [1.29, 1.82) is 0 Å². The Labute approximate surface area is 113 Å². The number of nitrogens with two attached hydrogens (primary N) is 1. The fourth-order valence-electron chi connectivity index (χ4n) is 1.95. The number of nitrogens with one attached hydrogen (secondary N) is 1. The smallest absolute Gasteiger partial charge is 0.248 e. The van der Waals surface area contributed by atoms with E-state index < -0.39 is 5.91 Å². The fraction of sp³-hybridized carbons (Fsp3) is 0.188. The molecule has 0 spiro atoms. The zero-order valence-corrected chi connectivity index (χ0v) is 11.0. The number of hydrogen-bond donors (Lipinski definition) is 2. The number of amides is 1. The molecule has 3 nitrogen and oxygen atoms in total. The van der Waals surface area contributed by atoms with E-state index in [-0.39, 0.29) is 0 Å². The molecule has 0 saturated carbocycles. The monoisotopic (exact) mass is 254 g/mol. The number of carbonyl (C=O) groups excluding carboxylic acids is 1. The van der Waals surface area contributed by atoms with Gasteiger partial charge in [0.25, 0.3) is 0 Å². The van der Waals surface area contributed by atoms with E-state index in [1.54, 1.807) is 12.1 Å². The maximum atomic E-state index is 11.1. The Hall–Kier alpha value is -2.29. The summed E-state index contributed by atoms with van der Waals surface area (Å²) in [7, 11) is 0. The van der Waals surface area contributed by atoms with Crippen LogP contribution in [0.4, 0.5) is 5.69 Å². The Morgan fingerprint density at radius 3 is 2.58 bits per heavy atom. The molecule has 3 N–H and O–H groups in total. The van der Waals surface area contributed by atoms with Gasteiger partial charge < -0.3 is 11.1 Å². The average Bonchev–Trinajstić information content (AvgIpc) is 2.46. The quantitative estimate of drug-likeness (QED) is 0.861. The molecule has 1 amide bonds. The van der Waals surface area contributed by atoms with Gasteiger partial charge in [-0.15, -0.1) is 0 Å². The van der Waals surface area contributed by atoms with Gasteiger partial charge in [-0.3, -0.25) is 4.79 Å². The number of anilines is 1. The predicted octanol–water partition coefficient (Wildman–Crippen LogP) is 3.00. The highest BCUT2D eigenvalue weighted by Gasteiger charge is 2.05. The van der Waals surface area contributed by atoms with Crippen molar-refractivity contribution in [1.82, 2.24) is 0 Å². The van der Waals surface area contributed by atoms with Gasteiger partial charge in [0.05, 0.1) is 0 Å². The van der Waals surface area contributed by atoms with Crippen LogP contribution in [-0.4, -0.2) is 12.5 Å². The first-order chi connectivity index (χ1) is 9.16. The molecule has 0 aliphatic heterocycles. The van der Waals surface area contributed by atoms with Crippen LogP contribution >= 0.6 is 0 Å². The molecule has 2 aromatic carbocycles. The highest BCUT2D eigenvalue weighted by Crippen LogP contribution is 2.16. The average molecular weight is 254 g/mol. The number of hydrogen-bond acceptors (Lipinski definition) is 2. The second-order valence-electron chi connectivity index (χ2n) is 4.64. The van der Waals surface area contributed by atoms with E-state index in [0.717, 1.165) is 12.2 Å². The molecule has 0 saturated heterocycles. The topological polar surface area (TPSA) is 55.1 Å². The van der Waals surface area contributed by atoms with Crippen molar-refractivity contribution in [3.63, 3.8) is 0 Å². The van der Waals surface area contributed by atoms with Gasteiger partial charge in [-0.05, 0) is 29.7 Å². The molecule has 0 fully saturated rings. The van der Waals surface area contributed by atoms with E-state index in [0.29, 0.717) is 11.5 Å². The summed E-state index contributed by atoms with van der Waals surface area (Å²) in [6, 6.07) is 17.6. The number of benzene rings is 2. The van der Waals surface area contributed by atoms with Gasteiger partial charge in [-0.25, -0.2) is 0 Å².